The summed E-state index contributed by atoms with van der Waals surface area (Å²) in [7, 11) is -4.10. The zero-order valence-electron chi connectivity index (χ0n) is 32.0. The Labute approximate surface area is 328 Å². The first-order chi connectivity index (χ1) is 26.8. The van der Waals surface area contributed by atoms with Gasteiger partial charge in [0.25, 0.3) is 5.91 Å². The first-order valence-electron chi connectivity index (χ1n) is 19.5. The van der Waals surface area contributed by atoms with Gasteiger partial charge in [0.2, 0.25) is 21.8 Å². The maximum absolute atomic E-state index is 14.6. The molecule has 5 aliphatic rings. The molecule has 1 aromatic carbocycles. The van der Waals surface area contributed by atoms with Crippen molar-refractivity contribution in [3.8, 4) is 11.5 Å². The predicted octanol–water partition coefficient (Wildman–Crippen LogP) is 4.77. The average molecular weight is 820 g/mol. The highest BCUT2D eigenvalue weighted by Crippen LogP contribution is 2.50. The number of nitrogens with one attached hydrogen (secondary N) is 3. The lowest BCUT2D eigenvalue weighted by molar-refractivity contribution is -0.144. The minimum absolute atomic E-state index is 0.000314. The Morgan fingerprint density at radius 2 is 1.89 bits per heavy atom. The number of fused-ring (bicyclic) bond motifs is 5. The van der Waals surface area contributed by atoms with Gasteiger partial charge in [0.1, 0.15) is 29.0 Å². The van der Waals surface area contributed by atoms with Gasteiger partial charge in [0.05, 0.1) is 23.4 Å². The van der Waals surface area contributed by atoms with Crippen LogP contribution in [-0.4, -0.2) is 88.3 Å². The van der Waals surface area contributed by atoms with Gasteiger partial charge in [-0.15, -0.1) is 0 Å². The fraction of sp³-hybridized carbons (Fsp3) is 0.615. The molecule has 4 heterocycles. The maximum atomic E-state index is 14.6. The van der Waals surface area contributed by atoms with Crippen LogP contribution >= 0.6 is 0 Å². The van der Waals surface area contributed by atoms with Gasteiger partial charge in [-0.05, 0) is 82.4 Å². The normalized spacial score (nSPS) is 28.6. The van der Waals surface area contributed by atoms with Gasteiger partial charge >= 0.3 is 12.3 Å². The molecular formula is C39H48F3N5O9S. The molecule has 2 aliphatic carbocycles. The van der Waals surface area contributed by atoms with Crippen molar-refractivity contribution in [2.24, 2.45) is 11.8 Å². The number of aromatic nitrogens is 1. The number of allylic oxidation sites excluding steroid dienone is 1. The van der Waals surface area contributed by atoms with Gasteiger partial charge in [0, 0.05) is 23.3 Å². The molecule has 18 heteroatoms. The number of nitrogens with zero attached hydrogens (tertiary/aromatic N) is 2. The highest BCUT2D eigenvalue weighted by molar-refractivity contribution is 7.91. The number of alkyl carbamates (subject to hydrolysis) is 1. The van der Waals surface area contributed by atoms with Crippen molar-refractivity contribution in [2.75, 3.05) is 13.2 Å². The number of pyridine rings is 1. The van der Waals surface area contributed by atoms with E-state index in [0.717, 1.165) is 0 Å². The lowest BCUT2D eigenvalue weighted by Crippen LogP contribution is -2.58. The number of hydrogen-bond acceptors (Lipinski definition) is 10. The molecule has 1 spiro atoms. The SMILES string of the molecule is CC(C)COC(=O)NC1CCCCCC=CC2CC2(C(=O)NS(=O)(=O)C2(C)CC2)NC(=O)C2CC3(CCc4c(c(C(F)(F)F)nc5ccc(O)cc45)O3)CN2C1=O. The zero-order chi connectivity index (χ0) is 41.1. The van der Waals surface area contributed by atoms with E-state index in [1.807, 2.05) is 19.9 Å². The van der Waals surface area contributed by atoms with Crippen molar-refractivity contribution >= 4 is 44.7 Å². The molecule has 2 saturated carbocycles. The molecule has 310 valence electrons. The number of phenols is 1. The standard InChI is InChI=1S/C39H48F3N5O9S/c1-22(2)20-55-35(52)44-28-10-8-6-4-5-7-9-23-18-38(23,34(51)46-57(53,54)36(3)15-16-36)45-32(49)29-19-37(21-47(29)33(28)50)14-13-25-26-17-24(48)11-12-27(26)43-31(30(25)56-37)39(40,41)42/h7,9,11-12,17,22-23,28-29,48H,4-6,8,10,13-16,18-21H2,1-3H3,(H,44,52)(H,45,49)(H,46,51). The number of carbonyl (C=O) groups is 4. The van der Waals surface area contributed by atoms with Gasteiger partial charge in [-0.3, -0.25) is 19.1 Å². The third kappa shape index (κ3) is 7.97. The fourth-order valence-electron chi connectivity index (χ4n) is 8.14. The Morgan fingerprint density at radius 3 is 2.60 bits per heavy atom. The number of halogens is 3. The number of rotatable bonds is 6. The number of amides is 4. The summed E-state index contributed by atoms with van der Waals surface area (Å²) in [5, 5.41) is 15.9. The van der Waals surface area contributed by atoms with Crippen molar-refractivity contribution in [2.45, 2.75) is 126 Å². The van der Waals surface area contributed by atoms with Crippen LogP contribution in [0.25, 0.3) is 10.9 Å². The van der Waals surface area contributed by atoms with E-state index in [9.17, 15) is 45.9 Å². The largest absolute Gasteiger partial charge is 0.508 e. The molecule has 5 atom stereocenters. The van der Waals surface area contributed by atoms with Crippen LogP contribution < -0.4 is 20.1 Å². The van der Waals surface area contributed by atoms with E-state index in [4.69, 9.17) is 9.47 Å². The second-order valence-corrected chi connectivity index (χ2v) is 19.0. The molecule has 3 aliphatic heterocycles. The first-order valence-corrected chi connectivity index (χ1v) is 21.0. The van der Waals surface area contributed by atoms with Gasteiger partial charge in [-0.25, -0.2) is 18.2 Å². The zero-order valence-corrected chi connectivity index (χ0v) is 32.9. The number of hydrogen-bond donors (Lipinski definition) is 4. The van der Waals surface area contributed by atoms with Gasteiger partial charge < -0.3 is 30.1 Å². The van der Waals surface area contributed by atoms with Crippen LogP contribution in [0.2, 0.25) is 0 Å². The third-order valence-electron chi connectivity index (χ3n) is 11.9. The quantitative estimate of drug-likeness (QED) is 0.295. The number of sulfonamides is 1. The average Bonchev–Trinajstić information content (AvgIpc) is 4.03. The molecule has 14 nitrogen and oxygen atoms in total. The summed E-state index contributed by atoms with van der Waals surface area (Å²) in [4.78, 5) is 61.1. The second-order valence-electron chi connectivity index (χ2n) is 16.8. The Kier molecular flexibility index (Phi) is 10.4. The number of alkyl halides is 3. The van der Waals surface area contributed by atoms with Crippen molar-refractivity contribution in [1.82, 2.24) is 25.2 Å². The van der Waals surface area contributed by atoms with E-state index in [1.165, 1.54) is 30.0 Å². The smallest absolute Gasteiger partial charge is 0.437 e. The van der Waals surface area contributed by atoms with E-state index < -0.39 is 85.3 Å². The summed E-state index contributed by atoms with van der Waals surface area (Å²) in [6.45, 7) is 4.93. The van der Waals surface area contributed by atoms with Gasteiger partial charge in [0.15, 0.2) is 11.4 Å². The highest BCUT2D eigenvalue weighted by Gasteiger charge is 2.64. The summed E-state index contributed by atoms with van der Waals surface area (Å²) in [5.41, 5.74) is -4.36. The number of aromatic hydroxyl groups is 1. The lowest BCUT2D eigenvalue weighted by atomic mass is 9.87. The fourth-order valence-corrected chi connectivity index (χ4v) is 9.45. The topological polar surface area (TPSA) is 193 Å². The summed E-state index contributed by atoms with van der Waals surface area (Å²) >= 11 is 0. The molecule has 1 saturated heterocycles. The van der Waals surface area contributed by atoms with E-state index in [1.54, 1.807) is 6.08 Å². The van der Waals surface area contributed by atoms with Crippen LogP contribution in [0.3, 0.4) is 0 Å². The van der Waals surface area contributed by atoms with Crippen LogP contribution in [0.4, 0.5) is 18.0 Å². The second kappa shape index (κ2) is 14.6. The Hall–Kier alpha value is -4.61. The van der Waals surface area contributed by atoms with Crippen molar-refractivity contribution in [1.29, 1.82) is 0 Å². The van der Waals surface area contributed by atoms with Gasteiger partial charge in [-0.2, -0.15) is 13.2 Å². The number of phenolic OH excluding ortho intramolecular Hbond substituents is 1. The van der Waals surface area contributed by atoms with E-state index in [2.05, 4.69) is 20.3 Å². The molecule has 2 aromatic rings. The van der Waals surface area contributed by atoms with Crippen LogP contribution in [-0.2, 0) is 41.7 Å². The Bertz CT molecular complexity index is 2120. The van der Waals surface area contributed by atoms with Crippen molar-refractivity contribution in [3.05, 3.63) is 41.6 Å². The molecule has 0 bridgehead atoms. The molecule has 4 amide bonds. The number of ether oxygens (including phenoxy) is 2. The van der Waals surface area contributed by atoms with Crippen molar-refractivity contribution in [3.63, 3.8) is 0 Å². The predicted molar refractivity (Wildman–Crippen MR) is 199 cm³/mol. The van der Waals surface area contributed by atoms with Gasteiger partial charge in [-0.1, -0.05) is 38.8 Å². The molecule has 7 rings (SSSR count). The van der Waals surface area contributed by atoms with Crippen LogP contribution in [0, 0.1) is 11.8 Å². The highest BCUT2D eigenvalue weighted by atomic mass is 32.2. The summed E-state index contributed by atoms with van der Waals surface area (Å²) in [6, 6.07) is 1.24. The monoisotopic (exact) mass is 819 g/mol. The number of benzene rings is 1. The molecule has 0 radical (unpaired) electrons. The minimum Gasteiger partial charge on any atom is -0.508 e. The van der Waals surface area contributed by atoms with Crippen LogP contribution in [0.15, 0.2) is 30.4 Å². The summed E-state index contributed by atoms with van der Waals surface area (Å²) in [5.74, 6) is -3.76. The minimum atomic E-state index is -4.96. The Balaban J connectivity index is 1.26. The van der Waals surface area contributed by atoms with Crippen LogP contribution in [0.1, 0.15) is 96.2 Å². The number of carbonyl (C=O) groups excluding carboxylic acids is 4. The molecule has 57 heavy (non-hydrogen) atoms. The van der Waals surface area contributed by atoms with E-state index >= 15 is 0 Å². The molecule has 5 unspecified atom stereocenters. The summed E-state index contributed by atoms with van der Waals surface area (Å²) < 4.78 is 82.9. The number of aryl methyl sites for hydroxylation is 1. The first kappa shape index (κ1) is 40.6. The van der Waals surface area contributed by atoms with E-state index in [0.29, 0.717) is 38.5 Å². The molecular weight excluding hydrogens is 772 g/mol. The molecule has 4 N–H and O–H groups in total. The maximum Gasteiger partial charge on any atom is 0.437 e. The third-order valence-corrected chi connectivity index (χ3v) is 14.1. The van der Waals surface area contributed by atoms with Crippen molar-refractivity contribution < 1.29 is 55.3 Å². The Morgan fingerprint density at radius 1 is 1.14 bits per heavy atom. The van der Waals surface area contributed by atoms with Crippen LogP contribution in [0.5, 0.6) is 11.5 Å². The lowest BCUT2D eigenvalue weighted by Gasteiger charge is -2.37. The van der Waals surface area contributed by atoms with E-state index in [-0.39, 0.29) is 73.4 Å². The molecule has 3 fully saturated rings. The molecule has 1 aromatic heterocycles. The summed E-state index contributed by atoms with van der Waals surface area (Å²) in [6.07, 6.45) is 1.06.